The van der Waals surface area contributed by atoms with Gasteiger partial charge in [-0.25, -0.2) is 0 Å². The molecule has 7 heteroatoms. The van der Waals surface area contributed by atoms with Gasteiger partial charge in [0.1, 0.15) is 8.07 Å². The molecule has 0 unspecified atom stereocenters. The Kier molecular flexibility index (Phi) is 4.81. The van der Waals surface area contributed by atoms with Gasteiger partial charge in [-0.3, -0.25) is 14.6 Å². The summed E-state index contributed by atoms with van der Waals surface area (Å²) >= 11 is 0. The number of carbonyl (C=O) groups is 2. The highest BCUT2D eigenvalue weighted by Gasteiger charge is 2.53. The van der Waals surface area contributed by atoms with Gasteiger partial charge in [-0.05, 0) is 23.6 Å². The summed E-state index contributed by atoms with van der Waals surface area (Å²) in [4.78, 5) is 29.5. The number of hydrogen-bond donors (Lipinski definition) is 0. The second-order valence-corrected chi connectivity index (χ2v) is 12.1. The molecule has 0 N–H and O–H groups in total. The number of fused-ring (bicyclic) bond motifs is 1. The van der Waals surface area contributed by atoms with Crippen LogP contribution < -0.4 is 5.32 Å². The van der Waals surface area contributed by atoms with E-state index in [9.17, 15) is 9.59 Å². The van der Waals surface area contributed by atoms with Gasteiger partial charge < -0.3 is 9.47 Å². The molecule has 0 aliphatic heterocycles. The second kappa shape index (κ2) is 6.36. The third-order valence-corrected chi connectivity index (χ3v) is 6.20. The molecule has 0 spiro atoms. The molecule has 1 aliphatic rings. The van der Waals surface area contributed by atoms with Crippen LogP contribution >= 0.6 is 0 Å². The molecule has 0 saturated heterocycles. The molecule has 6 nitrogen and oxygen atoms in total. The van der Waals surface area contributed by atoms with E-state index in [4.69, 9.17) is 14.7 Å². The monoisotopic (exact) mass is 346 g/mol. The minimum atomic E-state index is -1.83. The minimum absolute atomic E-state index is 0.203. The Hall–Kier alpha value is -2.20. The van der Waals surface area contributed by atoms with Crippen LogP contribution in [-0.2, 0) is 38.3 Å². The van der Waals surface area contributed by atoms with Crippen LogP contribution in [0.1, 0.15) is 16.8 Å². The van der Waals surface area contributed by atoms with Gasteiger partial charge >= 0.3 is 11.9 Å². The number of aromatic nitrogens is 1. The standard InChI is InChI=1S/C17H22N2O4Si/c1-22-15(20)17(16(21)23-2)9-11-8-12(6-7-18)19-14(13(11)10-17)24(3,4)5/h8H,6,9-10H2,1-5H3. The van der Waals surface area contributed by atoms with E-state index in [2.05, 4.69) is 30.7 Å². The Morgan fingerprint density at radius 2 is 1.83 bits per heavy atom. The Bertz CT molecular complexity index is 715. The average Bonchev–Trinajstić information content (AvgIpc) is 2.92. The summed E-state index contributed by atoms with van der Waals surface area (Å²) in [6, 6.07) is 3.94. The topological polar surface area (TPSA) is 89.3 Å². The molecule has 0 fully saturated rings. The van der Waals surface area contributed by atoms with Crippen LogP contribution in [0.15, 0.2) is 6.07 Å². The number of pyridine rings is 1. The first-order valence-electron chi connectivity index (χ1n) is 7.75. The molecule has 128 valence electrons. The van der Waals surface area contributed by atoms with Crippen molar-refractivity contribution in [3.05, 3.63) is 22.9 Å². The second-order valence-electron chi connectivity index (χ2n) is 7.10. The smallest absolute Gasteiger partial charge is 0.323 e. The molecule has 0 saturated carbocycles. The number of carbonyl (C=O) groups excluding carboxylic acids is 2. The lowest BCUT2D eigenvalue weighted by molar-refractivity contribution is -0.168. The molecule has 1 heterocycles. The maximum Gasteiger partial charge on any atom is 0.323 e. The number of esters is 2. The van der Waals surface area contributed by atoms with Gasteiger partial charge in [-0.1, -0.05) is 19.6 Å². The van der Waals surface area contributed by atoms with Crippen molar-refractivity contribution in [3.8, 4) is 6.07 Å². The summed E-state index contributed by atoms with van der Waals surface area (Å²) in [5.41, 5.74) is 1.15. The summed E-state index contributed by atoms with van der Waals surface area (Å²) in [6.45, 7) is 6.46. The van der Waals surface area contributed by atoms with Crippen molar-refractivity contribution in [1.82, 2.24) is 4.98 Å². The first-order valence-corrected chi connectivity index (χ1v) is 11.3. The van der Waals surface area contributed by atoms with E-state index in [1.165, 1.54) is 14.2 Å². The number of hydrogen-bond acceptors (Lipinski definition) is 6. The summed E-state index contributed by atoms with van der Waals surface area (Å²) in [5, 5.41) is 9.93. The Morgan fingerprint density at radius 1 is 1.25 bits per heavy atom. The van der Waals surface area contributed by atoms with Gasteiger partial charge in [0.15, 0.2) is 5.41 Å². The Morgan fingerprint density at radius 3 is 2.29 bits per heavy atom. The maximum absolute atomic E-state index is 12.4. The number of nitriles is 1. The highest BCUT2D eigenvalue weighted by Crippen LogP contribution is 2.39. The number of methoxy groups -OCH3 is 2. The van der Waals surface area contributed by atoms with Crippen molar-refractivity contribution in [2.45, 2.75) is 38.9 Å². The predicted octanol–water partition coefficient (Wildman–Crippen LogP) is 1.12. The zero-order chi connectivity index (χ0) is 18.1. The van der Waals surface area contributed by atoms with E-state index < -0.39 is 25.4 Å². The first kappa shape index (κ1) is 18.1. The number of rotatable bonds is 4. The average molecular weight is 346 g/mol. The van der Waals surface area contributed by atoms with Crippen molar-refractivity contribution in [1.29, 1.82) is 5.26 Å². The zero-order valence-electron chi connectivity index (χ0n) is 14.7. The van der Waals surface area contributed by atoms with E-state index in [1.807, 2.05) is 6.07 Å². The minimum Gasteiger partial charge on any atom is -0.468 e. The van der Waals surface area contributed by atoms with Crippen molar-refractivity contribution in [3.63, 3.8) is 0 Å². The lowest BCUT2D eigenvalue weighted by Crippen LogP contribution is -2.45. The van der Waals surface area contributed by atoms with Gasteiger partial charge in [0, 0.05) is 11.7 Å². The van der Waals surface area contributed by atoms with E-state index >= 15 is 0 Å². The molecule has 0 amide bonds. The van der Waals surface area contributed by atoms with Gasteiger partial charge in [0.25, 0.3) is 0 Å². The molecule has 0 bridgehead atoms. The van der Waals surface area contributed by atoms with Crippen LogP contribution in [0.5, 0.6) is 0 Å². The van der Waals surface area contributed by atoms with Crippen molar-refractivity contribution < 1.29 is 19.1 Å². The molecule has 0 aromatic carbocycles. The lowest BCUT2D eigenvalue weighted by Gasteiger charge is -2.23. The van der Waals surface area contributed by atoms with Gasteiger partial charge in [-0.2, -0.15) is 5.26 Å². The molecular weight excluding hydrogens is 324 g/mol. The van der Waals surface area contributed by atoms with E-state index in [1.54, 1.807) is 0 Å². The predicted molar refractivity (Wildman–Crippen MR) is 90.4 cm³/mol. The molecule has 0 atom stereocenters. The normalized spacial score (nSPS) is 15.3. The van der Waals surface area contributed by atoms with Crippen LogP contribution in [0, 0.1) is 16.7 Å². The molecule has 0 radical (unpaired) electrons. The van der Waals surface area contributed by atoms with Crippen LogP contribution in [0.3, 0.4) is 0 Å². The molecular formula is C17H22N2O4Si. The fourth-order valence-corrected chi connectivity index (χ4v) is 4.92. The van der Waals surface area contributed by atoms with Crippen molar-refractivity contribution in [2.75, 3.05) is 14.2 Å². The fourth-order valence-electron chi connectivity index (χ4n) is 3.28. The van der Waals surface area contributed by atoms with Crippen LogP contribution in [0.4, 0.5) is 0 Å². The van der Waals surface area contributed by atoms with E-state index in [0.29, 0.717) is 5.69 Å². The van der Waals surface area contributed by atoms with Crippen LogP contribution in [0.2, 0.25) is 19.6 Å². The Balaban J connectivity index is 2.63. The van der Waals surface area contributed by atoms with Gasteiger partial charge in [-0.15, -0.1) is 0 Å². The molecule has 2 rings (SSSR count). The number of nitrogens with zero attached hydrogens (tertiary/aromatic N) is 2. The third-order valence-electron chi connectivity index (χ3n) is 4.36. The maximum atomic E-state index is 12.4. The quantitative estimate of drug-likeness (QED) is 0.461. The molecule has 24 heavy (non-hydrogen) atoms. The molecule has 1 aromatic heterocycles. The molecule has 1 aliphatic carbocycles. The van der Waals surface area contributed by atoms with E-state index in [-0.39, 0.29) is 19.3 Å². The van der Waals surface area contributed by atoms with E-state index in [0.717, 1.165) is 16.4 Å². The summed E-state index contributed by atoms with van der Waals surface area (Å²) in [6.07, 6.45) is 0.662. The summed E-state index contributed by atoms with van der Waals surface area (Å²) in [5.74, 6) is -1.18. The van der Waals surface area contributed by atoms with Crippen molar-refractivity contribution >= 4 is 25.3 Å². The molecule has 1 aromatic rings. The van der Waals surface area contributed by atoms with Crippen LogP contribution in [-0.4, -0.2) is 39.2 Å². The van der Waals surface area contributed by atoms with Crippen LogP contribution in [0.25, 0.3) is 0 Å². The highest BCUT2D eigenvalue weighted by atomic mass is 28.3. The third kappa shape index (κ3) is 2.94. The Labute approximate surface area is 142 Å². The zero-order valence-corrected chi connectivity index (χ0v) is 15.7. The summed E-state index contributed by atoms with van der Waals surface area (Å²) in [7, 11) is 0.717. The first-order chi connectivity index (χ1) is 11.2. The van der Waals surface area contributed by atoms with Gasteiger partial charge in [0.05, 0.1) is 32.4 Å². The summed E-state index contributed by atoms with van der Waals surface area (Å²) < 4.78 is 9.79. The largest absolute Gasteiger partial charge is 0.468 e. The fraction of sp³-hybridized carbons (Fsp3) is 0.529. The SMILES string of the molecule is COC(=O)C1(C(=O)OC)Cc2cc(CC#N)nc([Si](C)(C)C)c2C1. The van der Waals surface area contributed by atoms with Crippen molar-refractivity contribution in [2.24, 2.45) is 5.41 Å². The van der Waals surface area contributed by atoms with Gasteiger partial charge in [0.2, 0.25) is 0 Å². The highest BCUT2D eigenvalue weighted by molar-refractivity contribution is 6.88. The number of ether oxygens (including phenoxy) is 2. The lowest BCUT2D eigenvalue weighted by atomic mass is 9.85.